The Labute approximate surface area is 177 Å². The highest BCUT2D eigenvalue weighted by Crippen LogP contribution is 2.35. The Bertz CT molecular complexity index is 991. The van der Waals surface area contributed by atoms with Gasteiger partial charge in [-0.15, -0.1) is 0 Å². The first kappa shape index (κ1) is 20.0. The molecule has 1 aromatic heterocycles. The summed E-state index contributed by atoms with van der Waals surface area (Å²) >= 11 is 24.8. The average molecular weight is 440 g/mol. The van der Waals surface area contributed by atoms with Gasteiger partial charge in [-0.2, -0.15) is 0 Å². The highest BCUT2D eigenvalue weighted by molar-refractivity contribution is 6.35. The van der Waals surface area contributed by atoms with E-state index in [9.17, 15) is 4.79 Å². The maximum Gasteiger partial charge on any atom is 0.224 e. The van der Waals surface area contributed by atoms with Crippen molar-refractivity contribution in [3.8, 4) is 11.1 Å². The molecule has 0 saturated carbocycles. The lowest BCUT2D eigenvalue weighted by atomic mass is 9.98. The molecule has 1 amide bonds. The van der Waals surface area contributed by atoms with Gasteiger partial charge in [-0.25, -0.2) is 4.98 Å². The fourth-order valence-electron chi connectivity index (χ4n) is 2.68. The van der Waals surface area contributed by atoms with E-state index in [1.165, 1.54) is 0 Å². The summed E-state index contributed by atoms with van der Waals surface area (Å²) < 4.78 is 0. The third kappa shape index (κ3) is 4.94. The molecule has 0 unspecified atom stereocenters. The van der Waals surface area contributed by atoms with Crippen LogP contribution >= 0.6 is 46.4 Å². The SMILES string of the molecule is O=C(CCc1c(-c2ccccc2Cl)cc(Cl)nc1Cl)Nc1ccccc1Cl. The minimum absolute atomic E-state index is 0.181. The van der Waals surface area contributed by atoms with Crippen LogP contribution in [0.2, 0.25) is 20.4 Å². The van der Waals surface area contributed by atoms with E-state index in [1.807, 2.05) is 18.2 Å². The lowest BCUT2D eigenvalue weighted by molar-refractivity contribution is -0.116. The van der Waals surface area contributed by atoms with Crippen molar-refractivity contribution in [2.75, 3.05) is 5.32 Å². The zero-order valence-electron chi connectivity index (χ0n) is 14.0. The van der Waals surface area contributed by atoms with Gasteiger partial charge in [0.1, 0.15) is 10.3 Å². The summed E-state index contributed by atoms with van der Waals surface area (Å²) in [6.45, 7) is 0. The third-order valence-corrected chi connectivity index (χ3v) is 5.12. The van der Waals surface area contributed by atoms with Crippen molar-refractivity contribution in [1.29, 1.82) is 0 Å². The molecule has 3 nitrogen and oxygen atoms in total. The first-order valence-corrected chi connectivity index (χ1v) is 9.61. The molecule has 0 radical (unpaired) electrons. The Morgan fingerprint density at radius 2 is 1.56 bits per heavy atom. The highest BCUT2D eigenvalue weighted by Gasteiger charge is 2.16. The van der Waals surface area contributed by atoms with E-state index < -0.39 is 0 Å². The zero-order valence-corrected chi connectivity index (χ0v) is 17.0. The van der Waals surface area contributed by atoms with Crippen molar-refractivity contribution >= 4 is 58.0 Å². The van der Waals surface area contributed by atoms with E-state index in [4.69, 9.17) is 46.4 Å². The standard InChI is InChI=1S/C20H14Cl4N2O/c21-15-6-2-1-5-12(15)14-11-18(23)26-20(24)13(14)9-10-19(27)25-17-8-4-3-7-16(17)22/h1-8,11H,9-10H2,(H,25,27). The van der Waals surface area contributed by atoms with Gasteiger partial charge in [-0.1, -0.05) is 76.7 Å². The summed E-state index contributed by atoms with van der Waals surface area (Å²) in [5, 5.41) is 4.36. The molecule has 0 aliphatic heterocycles. The molecule has 2 aromatic carbocycles. The van der Waals surface area contributed by atoms with Crippen LogP contribution in [-0.4, -0.2) is 10.9 Å². The third-order valence-electron chi connectivity index (χ3n) is 3.96. The summed E-state index contributed by atoms with van der Waals surface area (Å²) in [6.07, 6.45) is 0.575. The Balaban J connectivity index is 1.84. The Kier molecular flexibility index (Phi) is 6.61. The topological polar surface area (TPSA) is 42.0 Å². The molecule has 27 heavy (non-hydrogen) atoms. The van der Waals surface area contributed by atoms with Crippen LogP contribution in [0.3, 0.4) is 0 Å². The molecule has 3 rings (SSSR count). The Morgan fingerprint density at radius 3 is 2.26 bits per heavy atom. The number of aromatic nitrogens is 1. The summed E-state index contributed by atoms with van der Waals surface area (Å²) in [7, 11) is 0. The second-order valence-electron chi connectivity index (χ2n) is 5.77. The molecule has 0 atom stereocenters. The molecule has 1 N–H and O–H groups in total. The fourth-order valence-corrected chi connectivity index (χ4v) is 3.63. The van der Waals surface area contributed by atoms with Gasteiger partial charge in [0.2, 0.25) is 5.91 Å². The molecule has 0 fully saturated rings. The first-order chi connectivity index (χ1) is 13.0. The number of anilines is 1. The quantitative estimate of drug-likeness (QED) is 0.437. The van der Waals surface area contributed by atoms with Gasteiger partial charge in [0, 0.05) is 17.0 Å². The smallest absolute Gasteiger partial charge is 0.224 e. The van der Waals surface area contributed by atoms with Crippen LogP contribution < -0.4 is 5.32 Å². The molecule has 0 spiro atoms. The van der Waals surface area contributed by atoms with E-state index in [1.54, 1.807) is 36.4 Å². The van der Waals surface area contributed by atoms with Gasteiger partial charge in [-0.05, 0) is 41.8 Å². The van der Waals surface area contributed by atoms with Gasteiger partial charge < -0.3 is 5.32 Å². The van der Waals surface area contributed by atoms with E-state index in [2.05, 4.69) is 10.3 Å². The van der Waals surface area contributed by atoms with Crippen LogP contribution in [0.25, 0.3) is 11.1 Å². The van der Waals surface area contributed by atoms with Crippen molar-refractivity contribution in [2.24, 2.45) is 0 Å². The predicted molar refractivity (Wildman–Crippen MR) is 113 cm³/mol. The van der Waals surface area contributed by atoms with Crippen LogP contribution in [-0.2, 0) is 11.2 Å². The maximum atomic E-state index is 12.3. The van der Waals surface area contributed by atoms with E-state index >= 15 is 0 Å². The molecule has 138 valence electrons. The van der Waals surface area contributed by atoms with E-state index in [0.717, 1.165) is 11.1 Å². The molecule has 0 aliphatic rings. The van der Waals surface area contributed by atoms with Crippen LogP contribution in [0.15, 0.2) is 54.6 Å². The van der Waals surface area contributed by atoms with Crippen molar-refractivity contribution in [1.82, 2.24) is 4.98 Å². The normalized spacial score (nSPS) is 10.7. The van der Waals surface area contributed by atoms with Gasteiger partial charge in [0.05, 0.1) is 10.7 Å². The maximum absolute atomic E-state index is 12.3. The van der Waals surface area contributed by atoms with Gasteiger partial charge >= 0.3 is 0 Å². The average Bonchev–Trinajstić information content (AvgIpc) is 2.63. The number of halogens is 4. The number of rotatable bonds is 5. The molecule has 7 heteroatoms. The number of hydrogen-bond acceptors (Lipinski definition) is 2. The minimum Gasteiger partial charge on any atom is -0.325 e. The lowest BCUT2D eigenvalue weighted by Crippen LogP contribution is -2.13. The number of para-hydroxylation sites is 1. The Morgan fingerprint density at radius 1 is 0.889 bits per heavy atom. The van der Waals surface area contributed by atoms with Crippen LogP contribution in [0.1, 0.15) is 12.0 Å². The van der Waals surface area contributed by atoms with E-state index in [-0.39, 0.29) is 22.6 Å². The molecule has 3 aromatic rings. The fraction of sp³-hybridized carbons (Fsp3) is 0.100. The van der Waals surface area contributed by atoms with Crippen molar-refractivity contribution in [3.05, 3.63) is 80.5 Å². The van der Waals surface area contributed by atoms with Crippen LogP contribution in [0.4, 0.5) is 5.69 Å². The largest absolute Gasteiger partial charge is 0.325 e. The molecule has 0 bridgehead atoms. The monoisotopic (exact) mass is 438 g/mol. The van der Waals surface area contributed by atoms with Gasteiger partial charge in [-0.3, -0.25) is 4.79 Å². The second kappa shape index (κ2) is 8.94. The summed E-state index contributed by atoms with van der Waals surface area (Å²) in [4.78, 5) is 16.4. The molecular formula is C20H14Cl4N2O. The highest BCUT2D eigenvalue weighted by atomic mass is 35.5. The second-order valence-corrected chi connectivity index (χ2v) is 7.33. The predicted octanol–water partition coefficient (Wildman–Crippen LogP) is 6.93. The van der Waals surface area contributed by atoms with Crippen LogP contribution in [0, 0.1) is 0 Å². The Hall–Kier alpha value is -1.78. The number of carbonyl (C=O) groups is 1. The first-order valence-electron chi connectivity index (χ1n) is 8.10. The van der Waals surface area contributed by atoms with Crippen LogP contribution in [0.5, 0.6) is 0 Å². The zero-order chi connectivity index (χ0) is 19.4. The number of amides is 1. The molecule has 1 heterocycles. The lowest BCUT2D eigenvalue weighted by Gasteiger charge is -2.13. The van der Waals surface area contributed by atoms with Crippen molar-refractivity contribution in [2.45, 2.75) is 12.8 Å². The number of pyridine rings is 1. The number of nitrogens with one attached hydrogen (secondary N) is 1. The number of nitrogens with zero attached hydrogens (tertiary/aromatic N) is 1. The molecular weight excluding hydrogens is 426 g/mol. The molecule has 0 aliphatic carbocycles. The number of benzene rings is 2. The van der Waals surface area contributed by atoms with Crippen molar-refractivity contribution in [3.63, 3.8) is 0 Å². The number of carbonyl (C=O) groups excluding carboxylic acids is 1. The van der Waals surface area contributed by atoms with E-state index in [0.29, 0.717) is 27.7 Å². The number of hydrogen-bond donors (Lipinski definition) is 1. The summed E-state index contributed by atoms with van der Waals surface area (Å²) in [6, 6.07) is 16.1. The van der Waals surface area contributed by atoms with Crippen molar-refractivity contribution < 1.29 is 4.79 Å². The van der Waals surface area contributed by atoms with Gasteiger partial charge in [0.15, 0.2) is 0 Å². The summed E-state index contributed by atoms with van der Waals surface area (Å²) in [5.74, 6) is -0.181. The minimum atomic E-state index is -0.181. The van der Waals surface area contributed by atoms with Gasteiger partial charge in [0.25, 0.3) is 0 Å². The molecule has 0 saturated heterocycles. The summed E-state index contributed by atoms with van der Waals surface area (Å²) in [5.41, 5.74) is 2.82.